The van der Waals surface area contributed by atoms with E-state index in [1.807, 2.05) is 30.3 Å². The Morgan fingerprint density at radius 1 is 1.00 bits per heavy atom. The Labute approximate surface area is 204 Å². The minimum absolute atomic E-state index is 0.00886. The van der Waals surface area contributed by atoms with Crippen molar-refractivity contribution in [3.8, 4) is 0 Å². The summed E-state index contributed by atoms with van der Waals surface area (Å²) in [6.45, 7) is 12.1. The van der Waals surface area contributed by atoms with E-state index in [2.05, 4.69) is 87.4 Å². The molecule has 0 radical (unpaired) electrons. The van der Waals surface area contributed by atoms with Gasteiger partial charge in [-0.05, 0) is 42.1 Å². The highest BCUT2D eigenvalue weighted by Gasteiger charge is 2.54. The highest BCUT2D eigenvalue weighted by atomic mass is 28.4. The zero-order valence-corrected chi connectivity index (χ0v) is 22.3. The van der Waals surface area contributed by atoms with Crippen LogP contribution in [0.1, 0.15) is 55.4 Å². The summed E-state index contributed by atoms with van der Waals surface area (Å²) >= 11 is 0. The summed E-state index contributed by atoms with van der Waals surface area (Å²) in [5.41, 5.74) is 1.41. The van der Waals surface area contributed by atoms with E-state index in [4.69, 9.17) is 4.43 Å². The molecule has 1 aromatic heterocycles. The maximum Gasteiger partial charge on any atom is 0.290 e. The second kappa shape index (κ2) is 9.15. The van der Waals surface area contributed by atoms with Crippen molar-refractivity contribution in [1.82, 2.24) is 14.5 Å². The van der Waals surface area contributed by atoms with Crippen LogP contribution in [0, 0.1) is 0 Å². The molecule has 3 aromatic rings. The van der Waals surface area contributed by atoms with Gasteiger partial charge in [-0.2, -0.15) is 0 Å². The van der Waals surface area contributed by atoms with Crippen LogP contribution >= 0.6 is 0 Å². The third-order valence-corrected chi connectivity index (χ3v) is 12.1. The van der Waals surface area contributed by atoms with Gasteiger partial charge in [0.2, 0.25) is 0 Å². The number of carbonyl (C=O) groups is 1. The molecule has 1 aliphatic heterocycles. The number of aryl methyl sites for hydroxylation is 1. The normalized spacial score (nSPS) is 17.2. The highest BCUT2D eigenvalue weighted by Crippen LogP contribution is 2.49. The molecule has 1 unspecified atom stereocenters. The molecule has 6 heteroatoms. The molecule has 2 heterocycles. The summed E-state index contributed by atoms with van der Waals surface area (Å²) < 4.78 is 9.30. The van der Waals surface area contributed by atoms with Crippen molar-refractivity contribution in [1.29, 1.82) is 0 Å². The van der Waals surface area contributed by atoms with E-state index < -0.39 is 13.9 Å². The molecule has 1 amide bonds. The zero-order chi connectivity index (χ0) is 24.6. The van der Waals surface area contributed by atoms with Crippen molar-refractivity contribution in [3.05, 3.63) is 90.0 Å². The lowest BCUT2D eigenvalue weighted by Gasteiger charge is -2.50. The topological polar surface area (TPSA) is 47.4 Å². The molecule has 1 saturated heterocycles. The number of hydrogen-bond donors (Lipinski definition) is 0. The highest BCUT2D eigenvalue weighted by molar-refractivity contribution is 6.74. The smallest absolute Gasteiger partial charge is 0.290 e. The summed E-state index contributed by atoms with van der Waals surface area (Å²) in [6.07, 6.45) is 5.32. The zero-order valence-electron chi connectivity index (χ0n) is 21.3. The second-order valence-electron chi connectivity index (χ2n) is 10.8. The molecule has 0 spiro atoms. The summed E-state index contributed by atoms with van der Waals surface area (Å²) in [6, 6.07) is 20.8. The van der Waals surface area contributed by atoms with Gasteiger partial charge < -0.3 is 13.9 Å². The first-order valence-electron chi connectivity index (χ1n) is 12.2. The largest absolute Gasteiger partial charge is 0.401 e. The van der Waals surface area contributed by atoms with Crippen LogP contribution in [0.3, 0.4) is 0 Å². The minimum Gasteiger partial charge on any atom is -0.401 e. The summed E-state index contributed by atoms with van der Waals surface area (Å²) in [7, 11) is -0.400. The molecule has 1 aliphatic rings. The number of amides is 1. The van der Waals surface area contributed by atoms with Gasteiger partial charge in [-0.3, -0.25) is 4.79 Å². The second-order valence-corrected chi connectivity index (χ2v) is 15.6. The number of nitrogens with zero attached hydrogens (tertiary/aromatic N) is 3. The number of benzene rings is 2. The van der Waals surface area contributed by atoms with Gasteiger partial charge in [0.05, 0.1) is 6.04 Å². The number of hydrogen-bond acceptors (Lipinski definition) is 3. The maximum atomic E-state index is 13.8. The Morgan fingerprint density at radius 3 is 2.03 bits per heavy atom. The fourth-order valence-corrected chi connectivity index (χ4v) is 6.28. The van der Waals surface area contributed by atoms with E-state index in [-0.39, 0.29) is 17.0 Å². The van der Waals surface area contributed by atoms with Crippen molar-refractivity contribution >= 4 is 14.2 Å². The van der Waals surface area contributed by atoms with Gasteiger partial charge in [-0.1, -0.05) is 81.4 Å². The van der Waals surface area contributed by atoms with Gasteiger partial charge in [-0.15, -0.1) is 0 Å². The summed E-state index contributed by atoms with van der Waals surface area (Å²) in [5, 5.41) is 0.00886. The maximum absolute atomic E-state index is 13.8. The lowest BCUT2D eigenvalue weighted by Crippen LogP contribution is -2.58. The number of aromatic nitrogens is 2. The van der Waals surface area contributed by atoms with Crippen molar-refractivity contribution in [2.45, 2.75) is 63.4 Å². The fourth-order valence-electron chi connectivity index (χ4n) is 4.80. The number of rotatable bonds is 6. The first-order valence-corrected chi connectivity index (χ1v) is 15.1. The van der Waals surface area contributed by atoms with Crippen LogP contribution in [0.25, 0.3) is 0 Å². The predicted molar refractivity (Wildman–Crippen MR) is 139 cm³/mol. The van der Waals surface area contributed by atoms with E-state index in [1.54, 1.807) is 10.8 Å². The van der Waals surface area contributed by atoms with Gasteiger partial charge >= 0.3 is 0 Å². The van der Waals surface area contributed by atoms with Crippen LogP contribution in [0.15, 0.2) is 73.1 Å². The van der Waals surface area contributed by atoms with E-state index in [0.717, 1.165) is 24.0 Å². The molecular weight excluding hydrogens is 438 g/mol. The Balaban J connectivity index is 1.94. The van der Waals surface area contributed by atoms with Crippen LogP contribution in [-0.4, -0.2) is 41.3 Å². The van der Waals surface area contributed by atoms with Crippen molar-refractivity contribution in [2.24, 2.45) is 7.05 Å². The van der Waals surface area contributed by atoms with Crippen LogP contribution in [0.5, 0.6) is 0 Å². The molecule has 2 aromatic carbocycles. The molecule has 0 N–H and O–H groups in total. The van der Waals surface area contributed by atoms with E-state index in [1.165, 1.54) is 0 Å². The number of likely N-dealkylation sites (tertiary alicyclic amines) is 1. The van der Waals surface area contributed by atoms with Crippen LogP contribution in [0.4, 0.5) is 0 Å². The predicted octanol–water partition coefficient (Wildman–Crippen LogP) is 5.99. The van der Waals surface area contributed by atoms with Crippen LogP contribution in [-0.2, 0) is 17.1 Å². The molecule has 4 rings (SSSR count). The Bertz CT molecular complexity index is 1080. The Morgan fingerprint density at radius 2 is 1.56 bits per heavy atom. The third kappa shape index (κ3) is 4.25. The summed E-state index contributed by atoms with van der Waals surface area (Å²) in [4.78, 5) is 20.2. The lowest BCUT2D eigenvalue weighted by molar-refractivity contribution is 0.00780. The number of imidazole rings is 1. The van der Waals surface area contributed by atoms with Gasteiger partial charge in [0.1, 0.15) is 5.60 Å². The summed E-state index contributed by atoms with van der Waals surface area (Å²) in [5.74, 6) is 0.430. The quantitative estimate of drug-likeness (QED) is 0.411. The average molecular weight is 476 g/mol. The van der Waals surface area contributed by atoms with Gasteiger partial charge in [0, 0.05) is 26.0 Å². The van der Waals surface area contributed by atoms with Crippen molar-refractivity contribution in [2.75, 3.05) is 6.54 Å². The minimum atomic E-state index is -2.27. The van der Waals surface area contributed by atoms with E-state index in [0.29, 0.717) is 12.4 Å². The molecule has 34 heavy (non-hydrogen) atoms. The third-order valence-electron chi connectivity index (χ3n) is 7.62. The molecule has 1 atom stereocenters. The Kier molecular flexibility index (Phi) is 6.58. The molecule has 0 bridgehead atoms. The van der Waals surface area contributed by atoms with E-state index in [9.17, 15) is 4.79 Å². The molecule has 0 aliphatic carbocycles. The van der Waals surface area contributed by atoms with Crippen LogP contribution < -0.4 is 0 Å². The number of carbonyl (C=O) groups excluding carboxylic acids is 1. The van der Waals surface area contributed by atoms with Crippen LogP contribution in [0.2, 0.25) is 18.1 Å². The molecule has 180 valence electrons. The Hall–Kier alpha value is -2.70. The van der Waals surface area contributed by atoms with Crippen molar-refractivity contribution < 1.29 is 9.22 Å². The first kappa shape index (κ1) is 24.4. The lowest BCUT2D eigenvalue weighted by atomic mass is 9.79. The van der Waals surface area contributed by atoms with Crippen molar-refractivity contribution in [3.63, 3.8) is 0 Å². The first-order chi connectivity index (χ1) is 16.1. The molecule has 5 nitrogen and oxygen atoms in total. The van der Waals surface area contributed by atoms with Gasteiger partial charge in [0.15, 0.2) is 14.1 Å². The molecule has 1 fully saturated rings. The monoisotopic (exact) mass is 475 g/mol. The fraction of sp³-hybridized carbons (Fsp3) is 0.429. The van der Waals surface area contributed by atoms with Gasteiger partial charge in [0.25, 0.3) is 5.91 Å². The van der Waals surface area contributed by atoms with E-state index >= 15 is 0 Å². The molecular formula is C28H37N3O2Si. The average Bonchev–Trinajstić information content (AvgIpc) is 3.47. The standard InChI is InChI=1S/C28H37N3O2Si/c1-27(2,3)34(5,6)33-28(22-14-9-7-10-15-22,23-16-11-8-12-17-23)24-18-13-20-31(24)26(32)25-29-19-21-30(25)4/h7-12,14-17,19,21,24H,13,18,20H2,1-6H3. The SMILES string of the molecule is Cn1ccnc1C(=O)N1CCCC1C(O[Si](C)(C)C(C)(C)C)(c1ccccc1)c1ccccc1. The molecule has 0 saturated carbocycles. The van der Waals surface area contributed by atoms with Gasteiger partial charge in [-0.25, -0.2) is 4.98 Å².